The molecule has 18 heavy (non-hydrogen) atoms. The summed E-state index contributed by atoms with van der Waals surface area (Å²) in [4.78, 5) is 17.8. The summed E-state index contributed by atoms with van der Waals surface area (Å²) in [6.45, 7) is 2.32. The molecule has 0 bridgehead atoms. The molecule has 1 aromatic heterocycles. The van der Waals surface area contributed by atoms with Crippen LogP contribution < -0.4 is 0 Å². The van der Waals surface area contributed by atoms with E-state index in [0.29, 0.717) is 6.54 Å². The smallest absolute Gasteiger partial charge is 0.220 e. The highest BCUT2D eigenvalue weighted by atomic mass is 16.2. The Morgan fingerprint density at radius 3 is 2.67 bits per heavy atom. The van der Waals surface area contributed by atoms with Gasteiger partial charge in [0.2, 0.25) is 5.91 Å². The van der Waals surface area contributed by atoms with E-state index in [1.54, 1.807) is 19.3 Å². The van der Waals surface area contributed by atoms with Gasteiger partial charge in [0.15, 0.2) is 0 Å². The molecular weight excluding hydrogens is 224 g/mol. The van der Waals surface area contributed by atoms with Gasteiger partial charge in [-0.15, -0.1) is 0 Å². The van der Waals surface area contributed by atoms with Crippen LogP contribution in [0.25, 0.3) is 0 Å². The first-order valence-corrected chi connectivity index (χ1v) is 6.02. The fourth-order valence-corrected chi connectivity index (χ4v) is 2.59. The van der Waals surface area contributed by atoms with E-state index < -0.39 is 0 Å². The highest BCUT2D eigenvalue weighted by Crippen LogP contribution is 2.37. The van der Waals surface area contributed by atoms with Crippen LogP contribution in [0.2, 0.25) is 0 Å². The molecule has 0 saturated heterocycles. The zero-order valence-electron chi connectivity index (χ0n) is 10.2. The lowest BCUT2D eigenvalue weighted by molar-refractivity contribution is -0.130. The van der Waals surface area contributed by atoms with Gasteiger partial charge in [-0.3, -0.25) is 9.78 Å². The number of fused-ring (bicyclic) bond motifs is 1. The minimum absolute atomic E-state index is 0.0294. The molecule has 0 N–H and O–H groups in total. The van der Waals surface area contributed by atoms with Crippen LogP contribution in [0.3, 0.4) is 0 Å². The summed E-state index contributed by atoms with van der Waals surface area (Å²) in [5, 5.41) is 0. The molecule has 0 saturated carbocycles. The van der Waals surface area contributed by atoms with Crippen molar-refractivity contribution in [2.24, 2.45) is 0 Å². The van der Waals surface area contributed by atoms with Crippen molar-refractivity contribution in [3.63, 3.8) is 0 Å². The highest BCUT2D eigenvalue weighted by Gasteiger charge is 2.32. The van der Waals surface area contributed by atoms with Crippen molar-refractivity contribution in [1.82, 2.24) is 9.88 Å². The van der Waals surface area contributed by atoms with Gasteiger partial charge < -0.3 is 4.90 Å². The van der Waals surface area contributed by atoms with Crippen LogP contribution in [0.5, 0.6) is 0 Å². The predicted octanol–water partition coefficient (Wildman–Crippen LogP) is 2.53. The topological polar surface area (TPSA) is 33.2 Å². The zero-order chi connectivity index (χ0) is 12.5. The third kappa shape index (κ3) is 1.68. The summed E-state index contributed by atoms with van der Waals surface area (Å²) in [6.07, 6.45) is 3.54. The number of carbonyl (C=O) groups excluding carboxylic acids is 1. The average molecular weight is 238 g/mol. The Labute approximate surface area is 106 Å². The number of nitrogens with zero attached hydrogens (tertiary/aromatic N) is 2. The molecule has 0 radical (unpaired) electrons. The van der Waals surface area contributed by atoms with Crippen LogP contribution in [0, 0.1) is 0 Å². The van der Waals surface area contributed by atoms with Crippen LogP contribution in [0.4, 0.5) is 0 Å². The summed E-state index contributed by atoms with van der Waals surface area (Å²) in [7, 11) is 0. The normalized spacial score (nSPS) is 17.6. The Kier molecular flexibility index (Phi) is 2.59. The van der Waals surface area contributed by atoms with Crippen molar-refractivity contribution in [2.45, 2.75) is 19.5 Å². The SMILES string of the molecule is CC(=O)N1Cc2ccccc2C1c1ccncc1. The maximum Gasteiger partial charge on any atom is 0.220 e. The van der Waals surface area contributed by atoms with Crippen LogP contribution >= 0.6 is 0 Å². The summed E-state index contributed by atoms with van der Waals surface area (Å²) in [6, 6.07) is 12.2. The summed E-state index contributed by atoms with van der Waals surface area (Å²) in [5.41, 5.74) is 3.57. The number of hydrogen-bond acceptors (Lipinski definition) is 2. The lowest BCUT2D eigenvalue weighted by Crippen LogP contribution is -2.27. The molecule has 2 heterocycles. The molecule has 1 aliphatic heterocycles. The molecule has 0 fully saturated rings. The van der Waals surface area contributed by atoms with E-state index in [1.165, 1.54) is 11.1 Å². The van der Waals surface area contributed by atoms with Gasteiger partial charge in [-0.1, -0.05) is 24.3 Å². The Hall–Kier alpha value is -2.16. The third-order valence-corrected chi connectivity index (χ3v) is 3.43. The standard InChI is InChI=1S/C15H14N2O/c1-11(18)17-10-13-4-2-3-5-14(13)15(17)12-6-8-16-9-7-12/h2-9,15H,10H2,1H3. The van der Waals surface area contributed by atoms with Gasteiger partial charge in [0.05, 0.1) is 6.04 Å². The number of aromatic nitrogens is 1. The monoisotopic (exact) mass is 238 g/mol. The van der Waals surface area contributed by atoms with Crippen molar-refractivity contribution in [1.29, 1.82) is 0 Å². The molecule has 1 unspecified atom stereocenters. The van der Waals surface area contributed by atoms with Gasteiger partial charge in [-0.05, 0) is 28.8 Å². The first-order valence-electron chi connectivity index (χ1n) is 6.02. The Balaban J connectivity index is 2.11. The Bertz CT molecular complexity index is 580. The van der Waals surface area contributed by atoms with Gasteiger partial charge in [0, 0.05) is 25.9 Å². The number of carbonyl (C=O) groups is 1. The number of amides is 1. The van der Waals surface area contributed by atoms with E-state index in [9.17, 15) is 4.79 Å². The van der Waals surface area contributed by atoms with Crippen molar-refractivity contribution in [3.8, 4) is 0 Å². The fourth-order valence-electron chi connectivity index (χ4n) is 2.59. The second-order valence-electron chi connectivity index (χ2n) is 4.53. The van der Waals surface area contributed by atoms with Crippen LogP contribution in [0.1, 0.15) is 29.7 Å². The van der Waals surface area contributed by atoms with E-state index in [4.69, 9.17) is 0 Å². The van der Waals surface area contributed by atoms with E-state index >= 15 is 0 Å². The number of hydrogen-bond donors (Lipinski definition) is 0. The minimum atomic E-state index is 0.0294. The minimum Gasteiger partial charge on any atom is -0.327 e. The van der Waals surface area contributed by atoms with Gasteiger partial charge in [-0.2, -0.15) is 0 Å². The molecule has 0 aliphatic carbocycles. The quantitative estimate of drug-likeness (QED) is 0.765. The zero-order valence-corrected chi connectivity index (χ0v) is 10.2. The lowest BCUT2D eigenvalue weighted by atomic mass is 9.99. The molecule has 1 atom stereocenters. The van der Waals surface area contributed by atoms with E-state index in [0.717, 1.165) is 5.56 Å². The van der Waals surface area contributed by atoms with Gasteiger partial charge in [0.1, 0.15) is 0 Å². The third-order valence-electron chi connectivity index (χ3n) is 3.43. The molecule has 1 aromatic carbocycles. The highest BCUT2D eigenvalue weighted by molar-refractivity contribution is 5.75. The van der Waals surface area contributed by atoms with E-state index in [-0.39, 0.29) is 11.9 Å². The van der Waals surface area contributed by atoms with Crippen LogP contribution in [0.15, 0.2) is 48.8 Å². The van der Waals surface area contributed by atoms with Crippen molar-refractivity contribution >= 4 is 5.91 Å². The molecule has 1 amide bonds. The molecular formula is C15H14N2O. The molecule has 3 nitrogen and oxygen atoms in total. The van der Waals surface area contributed by atoms with Gasteiger partial charge >= 0.3 is 0 Å². The van der Waals surface area contributed by atoms with Gasteiger partial charge in [0.25, 0.3) is 0 Å². The summed E-state index contributed by atoms with van der Waals surface area (Å²) < 4.78 is 0. The maximum absolute atomic E-state index is 11.8. The maximum atomic E-state index is 11.8. The molecule has 90 valence electrons. The fraction of sp³-hybridized carbons (Fsp3) is 0.200. The van der Waals surface area contributed by atoms with Crippen LogP contribution in [-0.4, -0.2) is 15.8 Å². The van der Waals surface area contributed by atoms with Crippen LogP contribution in [-0.2, 0) is 11.3 Å². The molecule has 3 heteroatoms. The number of benzene rings is 1. The summed E-state index contributed by atoms with van der Waals surface area (Å²) >= 11 is 0. The lowest BCUT2D eigenvalue weighted by Gasteiger charge is -2.24. The number of pyridine rings is 1. The first kappa shape index (κ1) is 11.0. The second kappa shape index (κ2) is 4.26. The predicted molar refractivity (Wildman–Crippen MR) is 68.7 cm³/mol. The number of rotatable bonds is 1. The molecule has 0 spiro atoms. The Morgan fingerprint density at radius 2 is 1.94 bits per heavy atom. The largest absolute Gasteiger partial charge is 0.327 e. The van der Waals surface area contributed by atoms with Gasteiger partial charge in [-0.25, -0.2) is 0 Å². The van der Waals surface area contributed by atoms with Crippen molar-refractivity contribution in [3.05, 3.63) is 65.5 Å². The van der Waals surface area contributed by atoms with E-state index in [1.807, 2.05) is 29.2 Å². The molecule has 1 aliphatic rings. The first-order chi connectivity index (χ1) is 8.77. The Morgan fingerprint density at radius 1 is 1.22 bits per heavy atom. The second-order valence-corrected chi connectivity index (χ2v) is 4.53. The molecule has 3 rings (SSSR count). The molecule has 2 aromatic rings. The average Bonchev–Trinajstić information content (AvgIpc) is 2.79. The van der Waals surface area contributed by atoms with Crippen molar-refractivity contribution in [2.75, 3.05) is 0 Å². The van der Waals surface area contributed by atoms with E-state index in [2.05, 4.69) is 17.1 Å². The summed E-state index contributed by atoms with van der Waals surface area (Å²) in [5.74, 6) is 0.105. The van der Waals surface area contributed by atoms with Crippen molar-refractivity contribution < 1.29 is 4.79 Å².